The third kappa shape index (κ3) is 5.96. The van der Waals surface area contributed by atoms with Crippen LogP contribution in [0, 0.1) is 0 Å². The van der Waals surface area contributed by atoms with Gasteiger partial charge in [-0.2, -0.15) is 0 Å². The summed E-state index contributed by atoms with van der Waals surface area (Å²) in [7, 11) is 1.81. The van der Waals surface area contributed by atoms with Gasteiger partial charge in [0.1, 0.15) is 0 Å². The largest absolute Gasteiger partial charge is 0.354 e. The maximum atomic E-state index is 4.64. The highest BCUT2D eigenvalue weighted by molar-refractivity contribution is 7.09. The molecule has 130 valence electrons. The number of benzene rings is 1. The molecule has 0 saturated heterocycles. The zero-order valence-electron chi connectivity index (χ0n) is 15.0. The van der Waals surface area contributed by atoms with Gasteiger partial charge in [-0.15, -0.1) is 11.3 Å². The van der Waals surface area contributed by atoms with Crippen LogP contribution >= 0.6 is 11.3 Å². The molecule has 24 heavy (non-hydrogen) atoms. The maximum absolute atomic E-state index is 4.64. The molecular formula is C19H28N4S. The Bertz CT molecular complexity index is 634. The maximum Gasteiger partial charge on any atom is 0.191 e. The minimum absolute atomic E-state index is 0.359. The van der Waals surface area contributed by atoms with Crippen molar-refractivity contribution in [2.75, 3.05) is 7.05 Å². The predicted octanol–water partition coefficient (Wildman–Crippen LogP) is 3.95. The van der Waals surface area contributed by atoms with E-state index in [1.54, 1.807) is 18.4 Å². The summed E-state index contributed by atoms with van der Waals surface area (Å²) in [6.07, 6.45) is 2.13. The summed E-state index contributed by atoms with van der Waals surface area (Å²) < 4.78 is 0. The molecule has 1 heterocycles. The molecule has 1 atom stereocenters. The minimum atomic E-state index is 0.359. The molecule has 0 fully saturated rings. The van der Waals surface area contributed by atoms with Crippen LogP contribution in [0.25, 0.3) is 0 Å². The third-order valence-corrected chi connectivity index (χ3v) is 5.01. The van der Waals surface area contributed by atoms with E-state index in [1.165, 1.54) is 10.6 Å². The van der Waals surface area contributed by atoms with Crippen molar-refractivity contribution >= 4 is 17.3 Å². The molecular weight excluding hydrogens is 316 g/mol. The van der Waals surface area contributed by atoms with Crippen molar-refractivity contribution in [2.45, 2.75) is 52.1 Å². The summed E-state index contributed by atoms with van der Waals surface area (Å²) in [6.45, 7) is 7.24. The van der Waals surface area contributed by atoms with Crippen LogP contribution < -0.4 is 10.6 Å². The lowest BCUT2D eigenvalue weighted by atomic mass is 10.1. The fraction of sp³-hybridized carbons (Fsp3) is 0.474. The molecule has 0 aliphatic rings. The standard InChI is InChI=1S/C19H28N4S/c1-14(2)18-23-17(13-24-18)12-21-19(20-4)22-15(3)10-11-16-8-6-5-7-9-16/h5-9,13-15H,10-12H2,1-4H3,(H2,20,21,22). The van der Waals surface area contributed by atoms with Crippen LogP contribution in [0.4, 0.5) is 0 Å². The Morgan fingerprint density at radius 1 is 1.21 bits per heavy atom. The van der Waals surface area contributed by atoms with Gasteiger partial charge in [0.25, 0.3) is 0 Å². The van der Waals surface area contributed by atoms with Gasteiger partial charge < -0.3 is 10.6 Å². The number of aliphatic imine (C=N–C) groups is 1. The minimum Gasteiger partial charge on any atom is -0.354 e. The van der Waals surface area contributed by atoms with E-state index in [-0.39, 0.29) is 0 Å². The Kier molecular flexibility index (Phi) is 7.25. The Balaban J connectivity index is 1.76. The summed E-state index contributed by atoms with van der Waals surface area (Å²) in [6, 6.07) is 10.9. The van der Waals surface area contributed by atoms with Crippen LogP contribution in [0.5, 0.6) is 0 Å². The van der Waals surface area contributed by atoms with Gasteiger partial charge in [0.15, 0.2) is 5.96 Å². The van der Waals surface area contributed by atoms with Crippen LogP contribution in [0.2, 0.25) is 0 Å². The highest BCUT2D eigenvalue weighted by Crippen LogP contribution is 2.18. The molecule has 0 saturated carbocycles. The molecule has 1 unspecified atom stereocenters. The molecule has 1 aromatic heterocycles. The highest BCUT2D eigenvalue weighted by Gasteiger charge is 2.08. The number of guanidine groups is 1. The second-order valence-corrected chi connectivity index (χ2v) is 7.22. The number of hydrogen-bond donors (Lipinski definition) is 2. The lowest BCUT2D eigenvalue weighted by Gasteiger charge is -2.17. The van der Waals surface area contributed by atoms with E-state index in [1.807, 2.05) is 0 Å². The first-order chi connectivity index (χ1) is 11.6. The van der Waals surface area contributed by atoms with E-state index in [9.17, 15) is 0 Å². The lowest BCUT2D eigenvalue weighted by Crippen LogP contribution is -2.42. The predicted molar refractivity (Wildman–Crippen MR) is 104 cm³/mol. The van der Waals surface area contributed by atoms with Crippen molar-refractivity contribution in [3.05, 3.63) is 52.0 Å². The van der Waals surface area contributed by atoms with E-state index in [0.717, 1.165) is 24.5 Å². The summed E-state index contributed by atoms with van der Waals surface area (Å²) in [4.78, 5) is 8.95. The quantitative estimate of drug-likeness (QED) is 0.590. The molecule has 2 aromatic rings. The number of aryl methyl sites for hydroxylation is 1. The SMILES string of the molecule is CN=C(NCc1csc(C(C)C)n1)NC(C)CCc1ccccc1. The van der Waals surface area contributed by atoms with Crippen molar-refractivity contribution in [3.63, 3.8) is 0 Å². The monoisotopic (exact) mass is 344 g/mol. The summed E-state index contributed by atoms with van der Waals surface area (Å²) in [5, 5.41) is 10.1. The summed E-state index contributed by atoms with van der Waals surface area (Å²) in [5.74, 6) is 1.31. The van der Waals surface area contributed by atoms with Crippen molar-refractivity contribution < 1.29 is 0 Å². The number of nitrogens with one attached hydrogen (secondary N) is 2. The van der Waals surface area contributed by atoms with Crippen LogP contribution in [0.1, 0.15) is 49.4 Å². The fourth-order valence-electron chi connectivity index (χ4n) is 2.37. The van der Waals surface area contributed by atoms with Crippen molar-refractivity contribution in [3.8, 4) is 0 Å². The number of aromatic nitrogens is 1. The van der Waals surface area contributed by atoms with Gasteiger partial charge in [-0.3, -0.25) is 4.99 Å². The van der Waals surface area contributed by atoms with Gasteiger partial charge in [-0.25, -0.2) is 4.98 Å². The van der Waals surface area contributed by atoms with Crippen LogP contribution in [0.3, 0.4) is 0 Å². The zero-order valence-corrected chi connectivity index (χ0v) is 15.9. The number of hydrogen-bond acceptors (Lipinski definition) is 3. The number of nitrogens with zero attached hydrogens (tertiary/aromatic N) is 2. The lowest BCUT2D eigenvalue weighted by molar-refractivity contribution is 0.592. The van der Waals surface area contributed by atoms with E-state index >= 15 is 0 Å². The molecule has 0 aliphatic heterocycles. The Morgan fingerprint density at radius 3 is 2.58 bits per heavy atom. The fourth-order valence-corrected chi connectivity index (χ4v) is 3.21. The first-order valence-electron chi connectivity index (χ1n) is 8.54. The van der Waals surface area contributed by atoms with Crippen LogP contribution in [-0.2, 0) is 13.0 Å². The second-order valence-electron chi connectivity index (χ2n) is 6.33. The van der Waals surface area contributed by atoms with Crippen LogP contribution in [0.15, 0.2) is 40.7 Å². The summed E-state index contributed by atoms with van der Waals surface area (Å²) in [5.41, 5.74) is 2.45. The smallest absolute Gasteiger partial charge is 0.191 e. The molecule has 0 amide bonds. The van der Waals surface area contributed by atoms with Gasteiger partial charge in [-0.1, -0.05) is 44.2 Å². The molecule has 5 heteroatoms. The first-order valence-corrected chi connectivity index (χ1v) is 9.42. The van der Waals surface area contributed by atoms with E-state index < -0.39 is 0 Å². The van der Waals surface area contributed by atoms with Crippen LogP contribution in [-0.4, -0.2) is 24.0 Å². The van der Waals surface area contributed by atoms with Gasteiger partial charge in [0.2, 0.25) is 0 Å². The molecule has 0 aliphatic carbocycles. The average molecular weight is 345 g/mol. The first kappa shape index (κ1) is 18.5. The topological polar surface area (TPSA) is 49.3 Å². The molecule has 0 radical (unpaired) electrons. The van der Waals surface area contributed by atoms with Gasteiger partial charge >= 0.3 is 0 Å². The molecule has 0 spiro atoms. The molecule has 0 bridgehead atoms. The van der Waals surface area contributed by atoms with Gasteiger partial charge in [0, 0.05) is 24.4 Å². The second kappa shape index (κ2) is 9.42. The Labute approximate surface area is 149 Å². The highest BCUT2D eigenvalue weighted by atomic mass is 32.1. The average Bonchev–Trinajstić information content (AvgIpc) is 3.07. The van der Waals surface area contributed by atoms with E-state index in [0.29, 0.717) is 18.5 Å². The van der Waals surface area contributed by atoms with E-state index in [4.69, 9.17) is 0 Å². The third-order valence-electron chi connectivity index (χ3n) is 3.82. The number of thiazole rings is 1. The Morgan fingerprint density at radius 2 is 1.96 bits per heavy atom. The van der Waals surface area contributed by atoms with Crippen molar-refractivity contribution in [2.24, 2.45) is 4.99 Å². The zero-order chi connectivity index (χ0) is 17.4. The van der Waals surface area contributed by atoms with E-state index in [2.05, 4.69) is 77.1 Å². The normalized spacial score (nSPS) is 13.1. The van der Waals surface area contributed by atoms with Crippen molar-refractivity contribution in [1.82, 2.24) is 15.6 Å². The molecule has 1 aromatic carbocycles. The molecule has 2 N–H and O–H groups in total. The van der Waals surface area contributed by atoms with Crippen molar-refractivity contribution in [1.29, 1.82) is 0 Å². The molecule has 4 nitrogen and oxygen atoms in total. The molecule has 2 rings (SSSR count). The van der Waals surface area contributed by atoms with Gasteiger partial charge in [-0.05, 0) is 25.3 Å². The summed E-state index contributed by atoms with van der Waals surface area (Å²) >= 11 is 1.73. The van der Waals surface area contributed by atoms with Gasteiger partial charge in [0.05, 0.1) is 17.2 Å². The number of rotatable bonds is 7. The Hall–Kier alpha value is -1.88.